The second kappa shape index (κ2) is 6.27. The molecule has 0 aromatic carbocycles. The minimum atomic E-state index is -0.0219. The summed E-state index contributed by atoms with van der Waals surface area (Å²) in [5.74, 6) is 1.08. The summed E-state index contributed by atoms with van der Waals surface area (Å²) in [6, 6.07) is -0.0219. The lowest BCUT2D eigenvalue weighted by Crippen LogP contribution is -2.41. The van der Waals surface area contributed by atoms with Crippen molar-refractivity contribution in [3.63, 3.8) is 0 Å². The van der Waals surface area contributed by atoms with Gasteiger partial charge in [-0.25, -0.2) is 0 Å². The van der Waals surface area contributed by atoms with E-state index in [9.17, 15) is 4.79 Å². The molecule has 1 N–H and O–H groups in total. The predicted molar refractivity (Wildman–Crippen MR) is 84.6 cm³/mol. The molecule has 2 rings (SSSR count). The SMILES string of the molecule is CCC(C)C1NC(C(C)C)N(Cc2cscc2C)C1=O. The third-order valence-electron chi connectivity index (χ3n) is 4.38. The van der Waals surface area contributed by atoms with Crippen LogP contribution in [0.4, 0.5) is 0 Å². The Balaban J connectivity index is 2.20. The molecule has 0 aliphatic carbocycles. The molecular weight excluding hydrogens is 268 g/mol. The third kappa shape index (κ3) is 2.91. The lowest BCUT2D eigenvalue weighted by molar-refractivity contribution is -0.131. The Hall–Kier alpha value is -0.870. The Bertz CT molecular complexity index is 469. The molecule has 20 heavy (non-hydrogen) atoms. The van der Waals surface area contributed by atoms with Crippen molar-refractivity contribution in [3.05, 3.63) is 21.9 Å². The molecule has 1 fully saturated rings. The molecule has 2 heterocycles. The van der Waals surface area contributed by atoms with Gasteiger partial charge in [0.15, 0.2) is 0 Å². The summed E-state index contributed by atoms with van der Waals surface area (Å²) in [5, 5.41) is 7.87. The van der Waals surface area contributed by atoms with Gasteiger partial charge >= 0.3 is 0 Å². The monoisotopic (exact) mass is 294 g/mol. The van der Waals surface area contributed by atoms with Crippen LogP contribution in [0, 0.1) is 18.8 Å². The molecule has 3 nitrogen and oxygen atoms in total. The van der Waals surface area contributed by atoms with E-state index in [1.807, 2.05) is 4.90 Å². The van der Waals surface area contributed by atoms with Crippen molar-refractivity contribution < 1.29 is 4.79 Å². The smallest absolute Gasteiger partial charge is 0.241 e. The van der Waals surface area contributed by atoms with Gasteiger partial charge in [0.05, 0.1) is 12.2 Å². The van der Waals surface area contributed by atoms with Gasteiger partial charge in [-0.2, -0.15) is 11.3 Å². The lowest BCUT2D eigenvalue weighted by Gasteiger charge is -2.27. The molecular formula is C16H26N2OS. The van der Waals surface area contributed by atoms with Gasteiger partial charge in [0.25, 0.3) is 0 Å². The minimum absolute atomic E-state index is 0.0219. The summed E-state index contributed by atoms with van der Waals surface area (Å²) in [7, 11) is 0. The summed E-state index contributed by atoms with van der Waals surface area (Å²) in [5.41, 5.74) is 2.57. The molecule has 3 atom stereocenters. The molecule has 0 radical (unpaired) electrons. The number of nitrogens with one attached hydrogen (secondary N) is 1. The maximum atomic E-state index is 12.7. The van der Waals surface area contributed by atoms with Crippen molar-refractivity contribution in [2.75, 3.05) is 0 Å². The first kappa shape index (κ1) is 15.5. The largest absolute Gasteiger partial charge is 0.321 e. The molecule has 3 unspecified atom stereocenters. The zero-order valence-corrected chi connectivity index (χ0v) is 14.0. The molecule has 112 valence electrons. The molecule has 1 aliphatic rings. The second-order valence-corrected chi connectivity index (χ2v) is 7.01. The highest BCUT2D eigenvalue weighted by atomic mass is 32.1. The minimum Gasteiger partial charge on any atom is -0.321 e. The van der Waals surface area contributed by atoms with Crippen molar-refractivity contribution in [1.29, 1.82) is 0 Å². The Morgan fingerprint density at radius 2 is 2.05 bits per heavy atom. The fourth-order valence-electron chi connectivity index (χ4n) is 2.77. The van der Waals surface area contributed by atoms with Gasteiger partial charge in [-0.1, -0.05) is 34.1 Å². The van der Waals surface area contributed by atoms with Gasteiger partial charge in [0, 0.05) is 6.54 Å². The van der Waals surface area contributed by atoms with Crippen LogP contribution in [0.3, 0.4) is 0 Å². The fourth-order valence-corrected chi connectivity index (χ4v) is 3.61. The quantitative estimate of drug-likeness (QED) is 0.903. The highest BCUT2D eigenvalue weighted by Gasteiger charge is 2.42. The third-order valence-corrected chi connectivity index (χ3v) is 5.29. The first-order chi connectivity index (χ1) is 9.45. The molecule has 4 heteroatoms. The van der Waals surface area contributed by atoms with Gasteiger partial charge in [-0.15, -0.1) is 0 Å². The van der Waals surface area contributed by atoms with E-state index in [1.165, 1.54) is 11.1 Å². The summed E-state index contributed by atoms with van der Waals surface area (Å²) >= 11 is 1.71. The van der Waals surface area contributed by atoms with E-state index in [-0.39, 0.29) is 18.1 Å². The molecule has 1 aromatic heterocycles. The van der Waals surface area contributed by atoms with Crippen molar-refractivity contribution in [2.45, 2.75) is 59.8 Å². The molecule has 0 spiro atoms. The van der Waals surface area contributed by atoms with Crippen LogP contribution in [0.15, 0.2) is 10.8 Å². The number of carbonyl (C=O) groups is 1. The van der Waals surface area contributed by atoms with E-state index >= 15 is 0 Å². The fraction of sp³-hybridized carbons (Fsp3) is 0.688. The van der Waals surface area contributed by atoms with Gasteiger partial charge in [0.2, 0.25) is 5.91 Å². The zero-order chi connectivity index (χ0) is 14.9. The van der Waals surface area contributed by atoms with Gasteiger partial charge in [0.1, 0.15) is 0 Å². The van der Waals surface area contributed by atoms with Crippen LogP contribution in [-0.4, -0.2) is 23.0 Å². The van der Waals surface area contributed by atoms with E-state index < -0.39 is 0 Å². The average Bonchev–Trinajstić information content (AvgIpc) is 2.95. The Labute approximate surface area is 126 Å². The van der Waals surface area contributed by atoms with Crippen LogP contribution < -0.4 is 5.32 Å². The number of thiophene rings is 1. The standard InChI is InChI=1S/C16H26N2OS/c1-6-11(4)14-16(19)18(15(17-14)10(2)3)7-13-9-20-8-12(13)5/h8-11,14-15,17H,6-7H2,1-5H3. The molecule has 1 saturated heterocycles. The van der Waals surface area contributed by atoms with Gasteiger partial charge < -0.3 is 4.90 Å². The Kier molecular flexibility index (Phi) is 4.86. The van der Waals surface area contributed by atoms with Crippen LogP contribution in [0.5, 0.6) is 0 Å². The maximum Gasteiger partial charge on any atom is 0.241 e. The molecule has 1 amide bonds. The highest BCUT2D eigenvalue weighted by molar-refractivity contribution is 7.08. The van der Waals surface area contributed by atoms with E-state index in [1.54, 1.807) is 11.3 Å². The number of hydrogen-bond donors (Lipinski definition) is 1. The average molecular weight is 294 g/mol. The Morgan fingerprint density at radius 3 is 2.55 bits per heavy atom. The summed E-state index contributed by atoms with van der Waals surface area (Å²) in [6.45, 7) is 11.5. The zero-order valence-electron chi connectivity index (χ0n) is 13.1. The summed E-state index contributed by atoms with van der Waals surface area (Å²) < 4.78 is 0. The van der Waals surface area contributed by atoms with E-state index in [4.69, 9.17) is 0 Å². The van der Waals surface area contributed by atoms with Crippen molar-refractivity contribution in [3.8, 4) is 0 Å². The van der Waals surface area contributed by atoms with Crippen molar-refractivity contribution in [1.82, 2.24) is 10.2 Å². The van der Waals surface area contributed by atoms with Gasteiger partial charge in [-0.3, -0.25) is 10.1 Å². The molecule has 0 saturated carbocycles. The van der Waals surface area contributed by atoms with E-state index in [2.05, 4.69) is 50.7 Å². The van der Waals surface area contributed by atoms with Crippen LogP contribution in [0.1, 0.15) is 45.2 Å². The van der Waals surface area contributed by atoms with Crippen molar-refractivity contribution in [2.24, 2.45) is 11.8 Å². The second-order valence-electron chi connectivity index (χ2n) is 6.26. The number of hydrogen-bond acceptors (Lipinski definition) is 3. The number of nitrogens with zero attached hydrogens (tertiary/aromatic N) is 1. The van der Waals surface area contributed by atoms with Crippen LogP contribution in [0.25, 0.3) is 0 Å². The lowest BCUT2D eigenvalue weighted by atomic mass is 9.99. The van der Waals surface area contributed by atoms with E-state index in [0.717, 1.165) is 13.0 Å². The molecule has 1 aromatic rings. The van der Waals surface area contributed by atoms with Crippen LogP contribution in [0.2, 0.25) is 0 Å². The number of amides is 1. The number of aryl methyl sites for hydroxylation is 1. The van der Waals surface area contributed by atoms with Gasteiger partial charge in [-0.05, 0) is 40.6 Å². The summed E-state index contributed by atoms with van der Waals surface area (Å²) in [6.07, 6.45) is 1.18. The van der Waals surface area contributed by atoms with Crippen molar-refractivity contribution >= 4 is 17.2 Å². The molecule has 1 aliphatic heterocycles. The number of carbonyl (C=O) groups excluding carboxylic acids is 1. The predicted octanol–water partition coefficient (Wildman–Crippen LogP) is 3.39. The van der Waals surface area contributed by atoms with E-state index in [0.29, 0.717) is 11.8 Å². The molecule has 0 bridgehead atoms. The first-order valence-electron chi connectivity index (χ1n) is 7.53. The normalized spacial score (nSPS) is 24.7. The maximum absolute atomic E-state index is 12.7. The highest BCUT2D eigenvalue weighted by Crippen LogP contribution is 2.26. The first-order valence-corrected chi connectivity index (χ1v) is 8.48. The Morgan fingerprint density at radius 1 is 1.35 bits per heavy atom. The number of rotatable bonds is 5. The van der Waals surface area contributed by atoms with Crippen LogP contribution >= 0.6 is 11.3 Å². The topological polar surface area (TPSA) is 32.3 Å². The summed E-state index contributed by atoms with van der Waals surface area (Å²) in [4.78, 5) is 14.8. The van der Waals surface area contributed by atoms with Crippen LogP contribution in [-0.2, 0) is 11.3 Å².